The van der Waals surface area contributed by atoms with Gasteiger partial charge in [-0.05, 0) is 31.6 Å². The Morgan fingerprint density at radius 3 is 2.62 bits per heavy atom. The highest BCUT2D eigenvalue weighted by Gasteiger charge is 2.36. The molecule has 0 bridgehead atoms. The lowest BCUT2D eigenvalue weighted by Crippen LogP contribution is -2.52. The van der Waals surface area contributed by atoms with Crippen LogP contribution in [0.5, 0.6) is 0 Å². The standard InChI is InChI=1S/C17H27N3O/c1-2-3-4-14-5-7-15(8-6-14)17(21)20-11-16(12-20)19-10-9-18-13-19/h9-10,13-16H,2-8,11-12H2,1H3. The van der Waals surface area contributed by atoms with Crippen molar-refractivity contribution in [3.8, 4) is 0 Å². The van der Waals surface area contributed by atoms with Crippen LogP contribution in [-0.4, -0.2) is 33.4 Å². The first kappa shape index (κ1) is 14.6. The maximum absolute atomic E-state index is 12.5. The average Bonchev–Trinajstić information content (AvgIpc) is 2.98. The van der Waals surface area contributed by atoms with E-state index < -0.39 is 0 Å². The molecule has 4 heteroatoms. The molecule has 0 spiro atoms. The fraction of sp³-hybridized carbons (Fsp3) is 0.765. The molecule has 4 nitrogen and oxygen atoms in total. The molecule has 1 aliphatic heterocycles. The van der Waals surface area contributed by atoms with Gasteiger partial charge in [-0.2, -0.15) is 0 Å². The number of imidazole rings is 1. The van der Waals surface area contributed by atoms with Gasteiger partial charge in [-0.25, -0.2) is 4.98 Å². The Labute approximate surface area is 127 Å². The SMILES string of the molecule is CCCCC1CCC(C(=O)N2CC(n3ccnc3)C2)CC1. The van der Waals surface area contributed by atoms with Crippen molar-refractivity contribution in [1.29, 1.82) is 0 Å². The first-order valence-electron chi connectivity index (χ1n) is 8.54. The summed E-state index contributed by atoms with van der Waals surface area (Å²) in [6.45, 7) is 3.99. The minimum Gasteiger partial charge on any atom is -0.338 e. The highest BCUT2D eigenvalue weighted by Crippen LogP contribution is 2.34. The molecule has 21 heavy (non-hydrogen) atoms. The van der Waals surface area contributed by atoms with Crippen LogP contribution in [0.4, 0.5) is 0 Å². The van der Waals surface area contributed by atoms with E-state index in [1.165, 1.54) is 32.1 Å². The molecule has 2 heterocycles. The fourth-order valence-electron chi connectivity index (χ4n) is 3.76. The smallest absolute Gasteiger partial charge is 0.225 e. The van der Waals surface area contributed by atoms with E-state index >= 15 is 0 Å². The second kappa shape index (κ2) is 6.63. The zero-order chi connectivity index (χ0) is 14.7. The van der Waals surface area contributed by atoms with Gasteiger partial charge in [0.15, 0.2) is 0 Å². The van der Waals surface area contributed by atoms with Crippen molar-refractivity contribution >= 4 is 5.91 Å². The van der Waals surface area contributed by atoms with Crippen LogP contribution in [-0.2, 0) is 4.79 Å². The Morgan fingerprint density at radius 2 is 2.00 bits per heavy atom. The number of aromatic nitrogens is 2. The van der Waals surface area contributed by atoms with E-state index in [1.807, 2.05) is 23.6 Å². The van der Waals surface area contributed by atoms with E-state index in [-0.39, 0.29) is 0 Å². The Bertz CT molecular complexity index is 443. The molecule has 1 saturated heterocycles. The lowest BCUT2D eigenvalue weighted by Gasteiger charge is -2.42. The van der Waals surface area contributed by atoms with Crippen LogP contribution >= 0.6 is 0 Å². The third-order valence-corrected chi connectivity index (χ3v) is 5.28. The van der Waals surface area contributed by atoms with Crippen molar-refractivity contribution in [2.45, 2.75) is 57.9 Å². The fourth-order valence-corrected chi connectivity index (χ4v) is 3.76. The molecule has 0 radical (unpaired) electrons. The highest BCUT2D eigenvalue weighted by atomic mass is 16.2. The third kappa shape index (κ3) is 3.30. The molecule has 116 valence electrons. The number of hydrogen-bond acceptors (Lipinski definition) is 2. The number of carbonyl (C=O) groups is 1. The predicted octanol–water partition coefficient (Wildman–Crippen LogP) is 3.26. The number of nitrogens with zero attached hydrogens (tertiary/aromatic N) is 3. The molecule has 2 fully saturated rings. The number of hydrogen-bond donors (Lipinski definition) is 0. The molecule has 1 aliphatic carbocycles. The summed E-state index contributed by atoms with van der Waals surface area (Å²) in [5.41, 5.74) is 0. The summed E-state index contributed by atoms with van der Waals surface area (Å²) in [7, 11) is 0. The van der Waals surface area contributed by atoms with Crippen molar-refractivity contribution < 1.29 is 4.79 Å². The van der Waals surface area contributed by atoms with Gasteiger partial charge in [-0.15, -0.1) is 0 Å². The van der Waals surface area contributed by atoms with Gasteiger partial charge in [0.1, 0.15) is 0 Å². The number of amides is 1. The second-order valence-electron chi connectivity index (χ2n) is 6.77. The quantitative estimate of drug-likeness (QED) is 0.834. The summed E-state index contributed by atoms with van der Waals surface area (Å²) < 4.78 is 2.12. The first-order chi connectivity index (χ1) is 10.3. The average molecular weight is 289 g/mol. The van der Waals surface area contributed by atoms with Crippen LogP contribution in [0.3, 0.4) is 0 Å². The molecule has 0 aromatic carbocycles. The van der Waals surface area contributed by atoms with Crippen molar-refractivity contribution in [2.24, 2.45) is 11.8 Å². The monoisotopic (exact) mass is 289 g/mol. The van der Waals surface area contributed by atoms with Crippen LogP contribution in [0.25, 0.3) is 0 Å². The first-order valence-corrected chi connectivity index (χ1v) is 8.54. The van der Waals surface area contributed by atoms with Gasteiger partial charge >= 0.3 is 0 Å². The molecule has 0 unspecified atom stereocenters. The minimum absolute atomic E-state index is 0.298. The van der Waals surface area contributed by atoms with E-state index in [0.717, 1.165) is 31.8 Å². The second-order valence-corrected chi connectivity index (χ2v) is 6.77. The lowest BCUT2D eigenvalue weighted by molar-refractivity contribution is -0.142. The summed E-state index contributed by atoms with van der Waals surface area (Å²) in [6, 6.07) is 0.442. The molecule has 1 amide bonds. The topological polar surface area (TPSA) is 38.1 Å². The predicted molar refractivity (Wildman–Crippen MR) is 82.8 cm³/mol. The number of unbranched alkanes of at least 4 members (excludes halogenated alkanes) is 1. The van der Waals surface area contributed by atoms with Gasteiger partial charge in [0.25, 0.3) is 0 Å². The molecular formula is C17H27N3O. The zero-order valence-electron chi connectivity index (χ0n) is 13.1. The van der Waals surface area contributed by atoms with Gasteiger partial charge in [-0.3, -0.25) is 4.79 Å². The molecule has 2 aliphatic rings. The van der Waals surface area contributed by atoms with Crippen molar-refractivity contribution in [1.82, 2.24) is 14.5 Å². The number of likely N-dealkylation sites (tertiary alicyclic amines) is 1. The summed E-state index contributed by atoms with van der Waals surface area (Å²) in [6.07, 6.45) is 14.4. The summed E-state index contributed by atoms with van der Waals surface area (Å²) in [5, 5.41) is 0. The molecular weight excluding hydrogens is 262 g/mol. The van der Waals surface area contributed by atoms with Crippen molar-refractivity contribution in [2.75, 3.05) is 13.1 Å². The molecule has 0 N–H and O–H groups in total. The summed E-state index contributed by atoms with van der Waals surface area (Å²) in [4.78, 5) is 18.6. The Kier molecular flexibility index (Phi) is 4.61. The van der Waals surface area contributed by atoms with Crippen LogP contribution in [0, 0.1) is 11.8 Å². The van der Waals surface area contributed by atoms with E-state index in [1.54, 1.807) is 0 Å². The Hall–Kier alpha value is -1.32. The zero-order valence-corrected chi connectivity index (χ0v) is 13.1. The number of rotatable bonds is 5. The molecule has 1 aromatic heterocycles. The Morgan fingerprint density at radius 1 is 1.24 bits per heavy atom. The normalized spacial score (nSPS) is 26.6. The summed E-state index contributed by atoms with van der Waals surface area (Å²) >= 11 is 0. The molecule has 0 atom stereocenters. The van der Waals surface area contributed by atoms with Crippen molar-refractivity contribution in [3.63, 3.8) is 0 Å². The maximum atomic E-state index is 12.5. The van der Waals surface area contributed by atoms with Crippen LogP contribution in [0.1, 0.15) is 57.9 Å². The van der Waals surface area contributed by atoms with Crippen molar-refractivity contribution in [3.05, 3.63) is 18.7 Å². The van der Waals surface area contributed by atoms with Gasteiger partial charge in [0.05, 0.1) is 12.4 Å². The van der Waals surface area contributed by atoms with E-state index in [9.17, 15) is 4.79 Å². The van der Waals surface area contributed by atoms with Crippen LogP contribution in [0.15, 0.2) is 18.7 Å². The van der Waals surface area contributed by atoms with Crippen LogP contribution < -0.4 is 0 Å². The maximum Gasteiger partial charge on any atom is 0.225 e. The van der Waals surface area contributed by atoms with E-state index in [0.29, 0.717) is 17.9 Å². The van der Waals surface area contributed by atoms with E-state index in [4.69, 9.17) is 0 Å². The summed E-state index contributed by atoms with van der Waals surface area (Å²) in [5.74, 6) is 1.58. The van der Waals surface area contributed by atoms with Gasteiger partial charge in [-0.1, -0.05) is 26.2 Å². The third-order valence-electron chi connectivity index (χ3n) is 5.28. The number of carbonyl (C=O) groups excluding carboxylic acids is 1. The largest absolute Gasteiger partial charge is 0.338 e. The van der Waals surface area contributed by atoms with Gasteiger partial charge in [0.2, 0.25) is 5.91 Å². The van der Waals surface area contributed by atoms with E-state index in [2.05, 4.69) is 16.5 Å². The van der Waals surface area contributed by atoms with Gasteiger partial charge < -0.3 is 9.47 Å². The minimum atomic E-state index is 0.298. The molecule has 3 rings (SSSR count). The lowest BCUT2D eigenvalue weighted by atomic mass is 9.79. The highest BCUT2D eigenvalue weighted by molar-refractivity contribution is 5.79. The van der Waals surface area contributed by atoms with Crippen LogP contribution in [0.2, 0.25) is 0 Å². The Balaban J connectivity index is 1.41. The van der Waals surface area contributed by atoms with Gasteiger partial charge in [0, 0.05) is 31.4 Å². The molecule has 1 aromatic rings. The molecule has 1 saturated carbocycles.